The first-order valence-electron chi connectivity index (χ1n) is 6.15. The van der Waals surface area contributed by atoms with Crippen molar-refractivity contribution in [2.24, 2.45) is 0 Å². The molecule has 1 heterocycles. The molecule has 1 aromatic heterocycles. The zero-order valence-corrected chi connectivity index (χ0v) is 12.6. The molecule has 0 saturated heterocycles. The molecule has 7 nitrogen and oxygen atoms in total. The number of carbonyl (C=O) groups is 1. The summed E-state index contributed by atoms with van der Waals surface area (Å²) in [6, 6.07) is 6.65. The molecule has 2 rings (SSSR count). The number of anilines is 1. The van der Waals surface area contributed by atoms with E-state index in [2.05, 4.69) is 15.5 Å². The maximum Gasteiger partial charge on any atom is 0.453 e. The van der Waals surface area contributed by atoms with Gasteiger partial charge in [-0.2, -0.15) is 13.2 Å². The van der Waals surface area contributed by atoms with E-state index < -0.39 is 17.9 Å². The minimum atomic E-state index is -4.70. The molecule has 11 heteroatoms. The number of nitrogens with one attached hydrogen (secondary N) is 1. The number of hydrogen-bond donors (Lipinski definition) is 2. The summed E-state index contributed by atoms with van der Waals surface area (Å²) in [7, 11) is 1.49. The van der Waals surface area contributed by atoms with Crippen molar-refractivity contribution in [2.45, 2.75) is 11.3 Å². The molecule has 0 unspecified atom stereocenters. The summed E-state index contributed by atoms with van der Waals surface area (Å²) in [6.07, 6.45) is -4.70. The molecule has 0 fully saturated rings. The Morgan fingerprint density at radius 2 is 2.17 bits per heavy atom. The largest absolute Gasteiger partial charge is 0.497 e. The molecule has 0 radical (unpaired) electrons. The molecular weight excluding hydrogens is 335 g/mol. The van der Waals surface area contributed by atoms with Gasteiger partial charge in [0.25, 0.3) is 5.82 Å². The van der Waals surface area contributed by atoms with Gasteiger partial charge in [-0.25, -0.2) is 4.68 Å². The van der Waals surface area contributed by atoms with Gasteiger partial charge in [-0.05, 0) is 12.1 Å². The van der Waals surface area contributed by atoms with Crippen LogP contribution >= 0.6 is 11.8 Å². The van der Waals surface area contributed by atoms with E-state index in [1.165, 1.54) is 7.11 Å². The van der Waals surface area contributed by atoms with Gasteiger partial charge in [-0.1, -0.05) is 17.8 Å². The molecule has 1 amide bonds. The quantitative estimate of drug-likeness (QED) is 0.632. The summed E-state index contributed by atoms with van der Waals surface area (Å²) in [6.45, 7) is 0. The lowest BCUT2D eigenvalue weighted by molar-refractivity contribution is -0.146. The Bertz CT molecular complexity index is 704. The van der Waals surface area contributed by atoms with Gasteiger partial charge in [-0.15, -0.1) is 10.2 Å². The van der Waals surface area contributed by atoms with Crippen LogP contribution in [0.2, 0.25) is 0 Å². The molecular formula is C12H12F3N5O2S. The van der Waals surface area contributed by atoms with Gasteiger partial charge in [0.05, 0.1) is 12.9 Å². The molecule has 0 aliphatic rings. The second-order valence-electron chi connectivity index (χ2n) is 4.24. The molecule has 0 atom stereocenters. The van der Waals surface area contributed by atoms with Crippen molar-refractivity contribution in [3.8, 4) is 5.75 Å². The van der Waals surface area contributed by atoms with Crippen molar-refractivity contribution in [3.63, 3.8) is 0 Å². The fourth-order valence-corrected chi connectivity index (χ4v) is 2.25. The topological polar surface area (TPSA) is 95.1 Å². The first-order valence-corrected chi connectivity index (χ1v) is 7.14. The number of nitrogens with two attached hydrogens (primary N) is 1. The number of nitrogen functional groups attached to an aromatic ring is 1. The van der Waals surface area contributed by atoms with Gasteiger partial charge in [0.15, 0.2) is 0 Å². The maximum atomic E-state index is 12.5. The summed E-state index contributed by atoms with van der Waals surface area (Å²) < 4.78 is 42.9. The first kappa shape index (κ1) is 16.9. The van der Waals surface area contributed by atoms with Gasteiger partial charge in [0.1, 0.15) is 5.75 Å². The number of alkyl halides is 3. The summed E-state index contributed by atoms with van der Waals surface area (Å²) in [5.41, 5.74) is 0.500. The van der Waals surface area contributed by atoms with Gasteiger partial charge in [-0.3, -0.25) is 4.79 Å². The lowest BCUT2D eigenvalue weighted by Gasteiger charge is -2.07. The number of ether oxygens (including phenoxy) is 1. The standard InChI is InChI=1S/C12H12F3N5O2S/c1-22-8-4-2-3-7(5-8)17-9(21)6-23-11-19-18-10(20(11)16)12(13,14)15/h2-5H,6,16H2,1H3,(H,17,21). The number of amides is 1. The maximum absolute atomic E-state index is 12.5. The fourth-order valence-electron chi connectivity index (χ4n) is 1.60. The fraction of sp³-hybridized carbons (Fsp3) is 0.250. The molecule has 0 saturated carbocycles. The van der Waals surface area contributed by atoms with Crippen molar-refractivity contribution < 1.29 is 22.7 Å². The van der Waals surface area contributed by atoms with Gasteiger partial charge in [0, 0.05) is 11.8 Å². The summed E-state index contributed by atoms with van der Waals surface area (Å²) in [5.74, 6) is 3.90. The molecule has 1 aromatic carbocycles. The Labute approximate surface area is 133 Å². The number of nitrogens with zero attached hydrogens (tertiary/aromatic N) is 3. The minimum Gasteiger partial charge on any atom is -0.497 e. The number of carbonyl (C=O) groups excluding carboxylic acids is 1. The zero-order valence-electron chi connectivity index (χ0n) is 11.8. The zero-order chi connectivity index (χ0) is 17.0. The number of hydrogen-bond acceptors (Lipinski definition) is 6. The minimum absolute atomic E-state index is 0.176. The highest BCUT2D eigenvalue weighted by atomic mass is 32.2. The van der Waals surface area contributed by atoms with Crippen molar-refractivity contribution in [3.05, 3.63) is 30.1 Å². The van der Waals surface area contributed by atoms with Crippen LogP contribution in [0.15, 0.2) is 29.4 Å². The number of aromatic nitrogens is 3. The second-order valence-corrected chi connectivity index (χ2v) is 5.19. The Morgan fingerprint density at radius 1 is 1.43 bits per heavy atom. The van der Waals surface area contributed by atoms with Gasteiger partial charge in [0.2, 0.25) is 11.1 Å². The Hall–Kier alpha value is -2.43. The smallest absolute Gasteiger partial charge is 0.453 e. The van der Waals surface area contributed by atoms with Crippen molar-refractivity contribution >= 4 is 23.4 Å². The molecule has 0 aliphatic heterocycles. The van der Waals surface area contributed by atoms with Gasteiger partial charge < -0.3 is 15.9 Å². The normalized spacial score (nSPS) is 11.3. The van der Waals surface area contributed by atoms with E-state index >= 15 is 0 Å². The van der Waals surface area contributed by atoms with Crippen LogP contribution in [0, 0.1) is 0 Å². The van der Waals surface area contributed by atoms with Crippen LogP contribution < -0.4 is 15.9 Å². The number of methoxy groups -OCH3 is 1. The monoisotopic (exact) mass is 347 g/mol. The molecule has 124 valence electrons. The third-order valence-electron chi connectivity index (χ3n) is 2.60. The average molecular weight is 347 g/mol. The lowest BCUT2D eigenvalue weighted by atomic mass is 10.3. The third-order valence-corrected chi connectivity index (χ3v) is 3.55. The summed E-state index contributed by atoms with van der Waals surface area (Å²) >= 11 is 0.742. The van der Waals surface area contributed by atoms with Crippen LogP contribution in [-0.4, -0.2) is 33.6 Å². The van der Waals surface area contributed by atoms with Crippen molar-refractivity contribution in [1.82, 2.24) is 14.9 Å². The lowest BCUT2D eigenvalue weighted by Crippen LogP contribution is -2.22. The van der Waals surface area contributed by atoms with Crippen LogP contribution in [-0.2, 0) is 11.0 Å². The van der Waals surface area contributed by atoms with E-state index in [0.29, 0.717) is 16.1 Å². The highest BCUT2D eigenvalue weighted by Crippen LogP contribution is 2.28. The molecule has 23 heavy (non-hydrogen) atoms. The van der Waals surface area contributed by atoms with Gasteiger partial charge >= 0.3 is 6.18 Å². The third kappa shape index (κ3) is 4.28. The van der Waals surface area contributed by atoms with Crippen LogP contribution in [0.1, 0.15) is 5.82 Å². The summed E-state index contributed by atoms with van der Waals surface area (Å²) in [5, 5.41) is 8.66. The van der Waals surface area contributed by atoms with E-state index in [1.807, 2.05) is 0 Å². The molecule has 0 spiro atoms. The van der Waals surface area contributed by atoms with Crippen LogP contribution in [0.5, 0.6) is 5.75 Å². The van der Waals surface area contributed by atoms with E-state index in [4.69, 9.17) is 10.6 Å². The second kappa shape index (κ2) is 6.77. The highest BCUT2D eigenvalue weighted by molar-refractivity contribution is 7.99. The molecule has 0 aliphatic carbocycles. The van der Waals surface area contributed by atoms with Crippen molar-refractivity contribution in [2.75, 3.05) is 24.0 Å². The first-order chi connectivity index (χ1) is 10.8. The summed E-state index contributed by atoms with van der Waals surface area (Å²) in [4.78, 5) is 11.8. The number of benzene rings is 1. The number of rotatable bonds is 5. The molecule has 0 bridgehead atoms. The van der Waals surface area contributed by atoms with Crippen LogP contribution in [0.25, 0.3) is 0 Å². The average Bonchev–Trinajstić information content (AvgIpc) is 2.86. The van der Waals surface area contributed by atoms with E-state index in [0.717, 1.165) is 11.8 Å². The van der Waals surface area contributed by atoms with Crippen LogP contribution in [0.3, 0.4) is 0 Å². The number of halogens is 3. The van der Waals surface area contributed by atoms with Crippen molar-refractivity contribution in [1.29, 1.82) is 0 Å². The highest BCUT2D eigenvalue weighted by Gasteiger charge is 2.38. The predicted molar refractivity (Wildman–Crippen MR) is 77.5 cm³/mol. The van der Waals surface area contributed by atoms with E-state index in [9.17, 15) is 18.0 Å². The Kier molecular flexibility index (Phi) is 4.98. The number of thioether (sulfide) groups is 1. The Morgan fingerprint density at radius 3 is 2.78 bits per heavy atom. The predicted octanol–water partition coefficient (Wildman–Crippen LogP) is 1.75. The SMILES string of the molecule is COc1cccc(NC(=O)CSc2nnc(C(F)(F)F)n2N)c1. The van der Waals surface area contributed by atoms with Crippen LogP contribution in [0.4, 0.5) is 18.9 Å². The van der Waals surface area contributed by atoms with E-state index in [-0.39, 0.29) is 10.9 Å². The van der Waals surface area contributed by atoms with E-state index in [1.54, 1.807) is 24.3 Å². The Balaban J connectivity index is 1.96. The molecule has 2 aromatic rings. The molecule has 3 N–H and O–H groups in total.